The molecule has 0 saturated heterocycles. The number of aryl methyl sites for hydroxylation is 1. The molecule has 1 atom stereocenters. The monoisotopic (exact) mass is 361 g/mol. The lowest BCUT2D eigenvalue weighted by atomic mass is 10.1. The van der Waals surface area contributed by atoms with E-state index in [9.17, 15) is 8.60 Å². The average molecular weight is 361 g/mol. The fourth-order valence-electron chi connectivity index (χ4n) is 2.33. The van der Waals surface area contributed by atoms with E-state index < -0.39 is 15.5 Å². The number of benzene rings is 2. The largest absolute Gasteiger partial charge is 0.496 e. The zero-order valence-corrected chi connectivity index (χ0v) is 14.7. The van der Waals surface area contributed by atoms with E-state index in [4.69, 9.17) is 9.26 Å². The van der Waals surface area contributed by atoms with Crippen LogP contribution in [0.15, 0.2) is 56.2 Å². The molecule has 0 aliphatic rings. The summed E-state index contributed by atoms with van der Waals surface area (Å²) in [6.45, 7) is 1.69. The molecule has 6 nitrogen and oxygen atoms in total. The van der Waals surface area contributed by atoms with Crippen molar-refractivity contribution >= 4 is 15.4 Å². The summed E-state index contributed by atoms with van der Waals surface area (Å²) in [5.41, 5.74) is 1.02. The summed E-state index contributed by atoms with van der Waals surface area (Å²) < 4.78 is 41.3. The lowest BCUT2D eigenvalue weighted by Gasteiger charge is -2.08. The molecule has 0 radical (unpaired) electrons. The van der Waals surface area contributed by atoms with Crippen LogP contribution in [0.5, 0.6) is 5.75 Å². The van der Waals surface area contributed by atoms with Crippen LogP contribution in [0.1, 0.15) is 5.89 Å². The number of nitrogens with zero attached hydrogens (tertiary/aromatic N) is 3. The second-order valence-corrected chi connectivity index (χ2v) is 7.57. The molecule has 130 valence electrons. The van der Waals surface area contributed by atoms with Crippen molar-refractivity contribution in [1.82, 2.24) is 10.1 Å². The molecule has 1 heterocycles. The normalized spacial score (nSPS) is 13.3. The summed E-state index contributed by atoms with van der Waals surface area (Å²) in [5, 5.41) is 3.86. The highest BCUT2D eigenvalue weighted by Crippen LogP contribution is 2.33. The van der Waals surface area contributed by atoms with Crippen LogP contribution in [0.3, 0.4) is 0 Å². The minimum Gasteiger partial charge on any atom is -0.496 e. The van der Waals surface area contributed by atoms with Gasteiger partial charge in [-0.25, -0.2) is 8.60 Å². The first-order valence-corrected chi connectivity index (χ1v) is 9.28. The zero-order valence-electron chi connectivity index (χ0n) is 13.9. The van der Waals surface area contributed by atoms with E-state index in [2.05, 4.69) is 14.5 Å². The Labute approximate surface area is 144 Å². The molecule has 2 aromatic carbocycles. The van der Waals surface area contributed by atoms with E-state index in [1.54, 1.807) is 37.3 Å². The van der Waals surface area contributed by atoms with Crippen LogP contribution in [0, 0.1) is 12.7 Å². The second-order valence-electron chi connectivity index (χ2n) is 5.35. The Hall–Kier alpha value is -2.74. The van der Waals surface area contributed by atoms with Gasteiger partial charge in [0.1, 0.15) is 11.6 Å². The number of methoxy groups -OCH3 is 1. The summed E-state index contributed by atoms with van der Waals surface area (Å²) >= 11 is 0. The van der Waals surface area contributed by atoms with Gasteiger partial charge in [-0.1, -0.05) is 17.3 Å². The maximum absolute atomic E-state index is 13.9. The first-order chi connectivity index (χ1) is 11.9. The second kappa shape index (κ2) is 6.64. The van der Waals surface area contributed by atoms with E-state index in [0.717, 1.165) is 0 Å². The molecule has 0 spiro atoms. The summed E-state index contributed by atoms with van der Waals surface area (Å²) in [6.07, 6.45) is 1.40. The molecule has 0 aliphatic heterocycles. The summed E-state index contributed by atoms with van der Waals surface area (Å²) in [4.78, 5) is 4.22. The van der Waals surface area contributed by atoms with Gasteiger partial charge in [-0.05, 0) is 24.3 Å². The SMILES string of the molecule is COc1cc(N=S(C)(=O)c2ccccc2F)ccc1-c1noc(C)n1. The van der Waals surface area contributed by atoms with Crippen molar-refractivity contribution in [1.29, 1.82) is 0 Å². The Morgan fingerprint density at radius 3 is 2.64 bits per heavy atom. The summed E-state index contributed by atoms with van der Waals surface area (Å²) in [5.74, 6) is 0.713. The van der Waals surface area contributed by atoms with Gasteiger partial charge in [0.2, 0.25) is 11.7 Å². The van der Waals surface area contributed by atoms with Crippen LogP contribution in [-0.2, 0) is 9.73 Å². The van der Waals surface area contributed by atoms with Crippen LogP contribution >= 0.6 is 0 Å². The minimum absolute atomic E-state index is 0.0619. The van der Waals surface area contributed by atoms with Gasteiger partial charge in [-0.3, -0.25) is 0 Å². The minimum atomic E-state index is -2.95. The quantitative estimate of drug-likeness (QED) is 0.702. The predicted octanol–water partition coefficient (Wildman–Crippen LogP) is 3.98. The van der Waals surface area contributed by atoms with Crippen LogP contribution in [-0.4, -0.2) is 27.7 Å². The number of ether oxygens (including phenoxy) is 1. The molecular weight excluding hydrogens is 345 g/mol. The number of hydrogen-bond donors (Lipinski definition) is 0. The van der Waals surface area contributed by atoms with Gasteiger partial charge in [-0.15, -0.1) is 0 Å². The van der Waals surface area contributed by atoms with E-state index in [-0.39, 0.29) is 4.90 Å². The summed E-state index contributed by atoms with van der Waals surface area (Å²) in [7, 11) is -1.45. The number of rotatable bonds is 4. The van der Waals surface area contributed by atoms with Crippen LogP contribution < -0.4 is 4.74 Å². The van der Waals surface area contributed by atoms with Crippen molar-refractivity contribution in [2.45, 2.75) is 11.8 Å². The Kier molecular flexibility index (Phi) is 4.54. The highest BCUT2D eigenvalue weighted by molar-refractivity contribution is 7.93. The van der Waals surface area contributed by atoms with Crippen molar-refractivity contribution in [3.63, 3.8) is 0 Å². The molecule has 8 heteroatoms. The fraction of sp³-hybridized carbons (Fsp3) is 0.176. The van der Waals surface area contributed by atoms with Crippen LogP contribution in [0.4, 0.5) is 10.1 Å². The lowest BCUT2D eigenvalue weighted by molar-refractivity contribution is 0.393. The standard InChI is InChI=1S/C17H16FN3O3S/c1-11-19-17(20-24-11)13-9-8-12(10-15(13)23-2)21-25(3,22)16-7-5-4-6-14(16)18/h4-10H,1-3H3. The van der Waals surface area contributed by atoms with Crippen LogP contribution in [0.2, 0.25) is 0 Å². The highest BCUT2D eigenvalue weighted by atomic mass is 32.2. The van der Waals surface area contributed by atoms with Gasteiger partial charge >= 0.3 is 0 Å². The molecular formula is C17H16FN3O3S. The molecule has 3 aromatic rings. The topological polar surface area (TPSA) is 77.6 Å². The van der Waals surface area contributed by atoms with Gasteiger partial charge in [0, 0.05) is 19.2 Å². The van der Waals surface area contributed by atoms with Gasteiger partial charge in [-0.2, -0.15) is 9.35 Å². The van der Waals surface area contributed by atoms with Crippen molar-refractivity contribution in [2.24, 2.45) is 4.36 Å². The van der Waals surface area contributed by atoms with Crippen molar-refractivity contribution in [2.75, 3.05) is 13.4 Å². The van der Waals surface area contributed by atoms with Crippen molar-refractivity contribution in [3.05, 3.63) is 54.2 Å². The lowest BCUT2D eigenvalue weighted by Crippen LogP contribution is -2.00. The Morgan fingerprint density at radius 2 is 2.00 bits per heavy atom. The zero-order chi connectivity index (χ0) is 18.0. The number of hydrogen-bond acceptors (Lipinski definition) is 6. The fourth-order valence-corrected chi connectivity index (χ4v) is 3.71. The first-order valence-electron chi connectivity index (χ1n) is 7.36. The summed E-state index contributed by atoms with van der Waals surface area (Å²) in [6, 6.07) is 10.8. The Morgan fingerprint density at radius 1 is 1.24 bits per heavy atom. The van der Waals surface area contributed by atoms with Gasteiger partial charge in [0.15, 0.2) is 0 Å². The third-order valence-corrected chi connectivity index (χ3v) is 5.18. The molecule has 1 unspecified atom stereocenters. The molecule has 0 saturated carbocycles. The number of halogens is 1. The Bertz CT molecular complexity index is 1040. The maximum Gasteiger partial charge on any atom is 0.223 e. The van der Waals surface area contributed by atoms with E-state index >= 15 is 0 Å². The van der Waals surface area contributed by atoms with Gasteiger partial charge < -0.3 is 9.26 Å². The van der Waals surface area contributed by atoms with Crippen LogP contribution in [0.25, 0.3) is 11.4 Å². The third kappa shape index (κ3) is 3.53. The third-order valence-electron chi connectivity index (χ3n) is 3.48. The van der Waals surface area contributed by atoms with E-state index in [1.165, 1.54) is 25.5 Å². The molecule has 1 aromatic heterocycles. The molecule has 0 fully saturated rings. The smallest absolute Gasteiger partial charge is 0.223 e. The highest BCUT2D eigenvalue weighted by Gasteiger charge is 2.15. The van der Waals surface area contributed by atoms with Crippen molar-refractivity contribution in [3.8, 4) is 17.1 Å². The molecule has 25 heavy (non-hydrogen) atoms. The van der Waals surface area contributed by atoms with Gasteiger partial charge in [0.25, 0.3) is 0 Å². The molecule has 3 rings (SSSR count). The Balaban J connectivity index is 2.07. The van der Waals surface area contributed by atoms with Gasteiger partial charge in [0.05, 0.1) is 33.0 Å². The average Bonchev–Trinajstić information content (AvgIpc) is 3.01. The van der Waals surface area contributed by atoms with E-state index in [1.807, 2.05) is 0 Å². The molecule has 0 amide bonds. The molecule has 0 bridgehead atoms. The first kappa shape index (κ1) is 17.1. The molecule has 0 aliphatic carbocycles. The number of aromatic nitrogens is 2. The predicted molar refractivity (Wildman–Crippen MR) is 91.8 cm³/mol. The maximum atomic E-state index is 13.9. The molecule has 0 N–H and O–H groups in total. The van der Waals surface area contributed by atoms with Crippen molar-refractivity contribution < 1.29 is 17.9 Å². The van der Waals surface area contributed by atoms with E-state index in [0.29, 0.717) is 28.7 Å².